The molecule has 1 aliphatic carbocycles. The molecule has 0 saturated heterocycles. The van der Waals surface area contributed by atoms with E-state index in [4.69, 9.17) is 5.11 Å². The Morgan fingerprint density at radius 3 is 2.71 bits per heavy atom. The third kappa shape index (κ3) is 3.53. The Bertz CT molecular complexity index is 354. The summed E-state index contributed by atoms with van der Waals surface area (Å²) >= 11 is 0. The maximum absolute atomic E-state index is 9.85. The van der Waals surface area contributed by atoms with Crippen LogP contribution in [0, 0.1) is 0 Å². The molecule has 0 amide bonds. The highest BCUT2D eigenvalue weighted by molar-refractivity contribution is 5.22. The molecule has 0 heterocycles. The van der Waals surface area contributed by atoms with Crippen LogP contribution in [0.2, 0.25) is 0 Å². The van der Waals surface area contributed by atoms with E-state index in [-0.39, 0.29) is 18.8 Å². The van der Waals surface area contributed by atoms with Gasteiger partial charge in [-0.05, 0) is 24.0 Å². The zero-order chi connectivity index (χ0) is 12.1. The second-order valence-corrected chi connectivity index (χ2v) is 4.82. The molecule has 3 N–H and O–H groups in total. The fraction of sp³-hybridized carbons (Fsp3) is 0.571. The molecule has 2 atom stereocenters. The van der Waals surface area contributed by atoms with Gasteiger partial charge >= 0.3 is 0 Å². The third-order valence-electron chi connectivity index (χ3n) is 3.47. The van der Waals surface area contributed by atoms with Gasteiger partial charge in [0.15, 0.2) is 0 Å². The smallest absolute Gasteiger partial charge is 0.0693 e. The van der Waals surface area contributed by atoms with Gasteiger partial charge in [0.1, 0.15) is 0 Å². The van der Waals surface area contributed by atoms with Crippen molar-refractivity contribution in [1.82, 2.24) is 5.32 Å². The lowest BCUT2D eigenvalue weighted by molar-refractivity contribution is 0.0902. The summed E-state index contributed by atoms with van der Waals surface area (Å²) in [6.45, 7) is 0.843. The fourth-order valence-electron chi connectivity index (χ4n) is 2.44. The van der Waals surface area contributed by atoms with Gasteiger partial charge in [-0.25, -0.2) is 0 Å². The summed E-state index contributed by atoms with van der Waals surface area (Å²) in [6, 6.07) is 8.14. The predicted octanol–water partition coefficient (Wildman–Crippen LogP) is 1.57. The zero-order valence-electron chi connectivity index (χ0n) is 10.1. The summed E-state index contributed by atoms with van der Waals surface area (Å²) in [4.78, 5) is 0. The molecule has 0 aliphatic heterocycles. The Balaban J connectivity index is 1.88. The molecule has 2 rings (SSSR count). The number of benzene rings is 1. The molecule has 0 unspecified atom stereocenters. The van der Waals surface area contributed by atoms with Crippen LogP contribution < -0.4 is 5.32 Å². The molecular weight excluding hydrogens is 214 g/mol. The molecule has 1 aliphatic rings. The standard InChI is InChI=1S/C14H21NO2/c16-10-12-5-3-4-11(8-12)9-15-13-6-1-2-7-14(13)17/h3-5,8,13-17H,1-2,6-7,9-10H2/t13-,14-/m0/s1. The molecule has 0 bridgehead atoms. The first-order chi connectivity index (χ1) is 8.29. The molecule has 3 heteroatoms. The zero-order valence-corrected chi connectivity index (χ0v) is 10.1. The van der Waals surface area contributed by atoms with Crippen molar-refractivity contribution < 1.29 is 10.2 Å². The van der Waals surface area contributed by atoms with Crippen molar-refractivity contribution in [3.63, 3.8) is 0 Å². The normalized spacial score (nSPS) is 24.8. The number of hydrogen-bond donors (Lipinski definition) is 3. The minimum Gasteiger partial charge on any atom is -0.392 e. The molecule has 1 aromatic rings. The van der Waals surface area contributed by atoms with Crippen LogP contribution in [0.3, 0.4) is 0 Å². The van der Waals surface area contributed by atoms with Crippen LogP contribution in [0.15, 0.2) is 24.3 Å². The average molecular weight is 235 g/mol. The van der Waals surface area contributed by atoms with Gasteiger partial charge in [-0.1, -0.05) is 37.1 Å². The van der Waals surface area contributed by atoms with E-state index in [1.807, 2.05) is 24.3 Å². The van der Waals surface area contributed by atoms with Crippen molar-refractivity contribution in [3.8, 4) is 0 Å². The number of nitrogens with one attached hydrogen (secondary N) is 1. The molecule has 17 heavy (non-hydrogen) atoms. The monoisotopic (exact) mass is 235 g/mol. The molecule has 0 aromatic heterocycles. The van der Waals surface area contributed by atoms with Crippen LogP contribution in [0.1, 0.15) is 36.8 Å². The summed E-state index contributed by atoms with van der Waals surface area (Å²) in [7, 11) is 0. The molecular formula is C14H21NO2. The second-order valence-electron chi connectivity index (χ2n) is 4.82. The molecule has 0 radical (unpaired) electrons. The minimum absolute atomic E-state index is 0.0832. The van der Waals surface area contributed by atoms with Crippen molar-refractivity contribution in [2.75, 3.05) is 0 Å². The van der Waals surface area contributed by atoms with Crippen molar-refractivity contribution >= 4 is 0 Å². The first-order valence-electron chi connectivity index (χ1n) is 6.39. The van der Waals surface area contributed by atoms with Crippen LogP contribution in [-0.2, 0) is 13.2 Å². The van der Waals surface area contributed by atoms with Gasteiger partial charge in [-0.3, -0.25) is 0 Å². The molecule has 94 valence electrons. The predicted molar refractivity (Wildman–Crippen MR) is 67.5 cm³/mol. The highest BCUT2D eigenvalue weighted by Gasteiger charge is 2.21. The fourth-order valence-corrected chi connectivity index (χ4v) is 2.44. The van der Waals surface area contributed by atoms with Crippen LogP contribution >= 0.6 is 0 Å². The van der Waals surface area contributed by atoms with Crippen LogP contribution in [0.5, 0.6) is 0 Å². The molecule has 1 aromatic carbocycles. The van der Waals surface area contributed by atoms with Gasteiger partial charge in [0, 0.05) is 12.6 Å². The number of hydrogen-bond acceptors (Lipinski definition) is 3. The van der Waals surface area contributed by atoms with Crippen molar-refractivity contribution in [3.05, 3.63) is 35.4 Å². The number of aliphatic hydroxyl groups is 2. The summed E-state index contributed by atoms with van der Waals surface area (Å²) in [5, 5.41) is 22.3. The van der Waals surface area contributed by atoms with E-state index < -0.39 is 0 Å². The highest BCUT2D eigenvalue weighted by Crippen LogP contribution is 2.18. The molecule has 3 nitrogen and oxygen atoms in total. The summed E-state index contributed by atoms with van der Waals surface area (Å²) in [6.07, 6.45) is 4.10. The third-order valence-corrected chi connectivity index (χ3v) is 3.47. The molecule has 1 saturated carbocycles. The van der Waals surface area contributed by atoms with Crippen molar-refractivity contribution in [2.45, 2.75) is 51.0 Å². The van der Waals surface area contributed by atoms with E-state index in [1.54, 1.807) is 0 Å². The lowest BCUT2D eigenvalue weighted by Gasteiger charge is -2.28. The lowest BCUT2D eigenvalue weighted by atomic mass is 9.92. The number of rotatable bonds is 4. The Morgan fingerprint density at radius 1 is 1.18 bits per heavy atom. The SMILES string of the molecule is OCc1cccc(CN[C@H]2CCCC[C@@H]2O)c1. The minimum atomic E-state index is -0.204. The van der Waals surface area contributed by atoms with Gasteiger partial charge in [0.25, 0.3) is 0 Å². The first-order valence-corrected chi connectivity index (χ1v) is 6.39. The van der Waals surface area contributed by atoms with Crippen molar-refractivity contribution in [2.24, 2.45) is 0 Å². The van der Waals surface area contributed by atoms with Gasteiger partial charge in [-0.15, -0.1) is 0 Å². The maximum Gasteiger partial charge on any atom is 0.0693 e. The van der Waals surface area contributed by atoms with E-state index in [2.05, 4.69) is 5.32 Å². The van der Waals surface area contributed by atoms with Gasteiger partial charge in [-0.2, -0.15) is 0 Å². The quantitative estimate of drug-likeness (QED) is 0.742. The Kier molecular flexibility index (Phi) is 4.54. The van der Waals surface area contributed by atoms with E-state index in [1.165, 1.54) is 6.42 Å². The topological polar surface area (TPSA) is 52.5 Å². The van der Waals surface area contributed by atoms with Gasteiger partial charge in [0.2, 0.25) is 0 Å². The second kappa shape index (κ2) is 6.15. The van der Waals surface area contributed by atoms with Crippen LogP contribution in [0.25, 0.3) is 0 Å². The molecule has 0 spiro atoms. The maximum atomic E-state index is 9.85. The number of aliphatic hydroxyl groups excluding tert-OH is 2. The summed E-state index contributed by atoms with van der Waals surface area (Å²) in [5.41, 5.74) is 2.10. The van der Waals surface area contributed by atoms with Gasteiger partial charge in [0.05, 0.1) is 12.7 Å². The summed E-state index contributed by atoms with van der Waals surface area (Å²) in [5.74, 6) is 0. The average Bonchev–Trinajstić information content (AvgIpc) is 2.38. The van der Waals surface area contributed by atoms with E-state index >= 15 is 0 Å². The Hall–Kier alpha value is -0.900. The first kappa shape index (κ1) is 12.6. The van der Waals surface area contributed by atoms with Crippen LogP contribution in [0.4, 0.5) is 0 Å². The largest absolute Gasteiger partial charge is 0.392 e. The lowest BCUT2D eigenvalue weighted by Crippen LogP contribution is -2.41. The Labute approximate surface area is 102 Å². The highest BCUT2D eigenvalue weighted by atomic mass is 16.3. The van der Waals surface area contributed by atoms with E-state index in [9.17, 15) is 5.11 Å². The van der Waals surface area contributed by atoms with Crippen molar-refractivity contribution in [1.29, 1.82) is 0 Å². The summed E-state index contributed by atoms with van der Waals surface area (Å²) < 4.78 is 0. The van der Waals surface area contributed by atoms with Gasteiger partial charge < -0.3 is 15.5 Å². The molecule has 1 fully saturated rings. The Morgan fingerprint density at radius 2 is 1.94 bits per heavy atom. The van der Waals surface area contributed by atoms with Crippen LogP contribution in [-0.4, -0.2) is 22.4 Å². The van der Waals surface area contributed by atoms with E-state index in [0.717, 1.165) is 36.9 Å². The van der Waals surface area contributed by atoms with E-state index in [0.29, 0.717) is 0 Å².